The van der Waals surface area contributed by atoms with Gasteiger partial charge < -0.3 is 10.4 Å². The minimum atomic E-state index is -1.01. The topological polar surface area (TPSA) is 80.0 Å². The molecule has 15 heavy (non-hydrogen) atoms. The van der Waals surface area contributed by atoms with Crippen LogP contribution in [0.25, 0.3) is 0 Å². The van der Waals surface area contributed by atoms with Crippen molar-refractivity contribution in [1.82, 2.24) is 20.3 Å². The van der Waals surface area contributed by atoms with E-state index in [1.807, 2.05) is 0 Å². The maximum atomic E-state index is 10.8. The summed E-state index contributed by atoms with van der Waals surface area (Å²) in [6.07, 6.45) is 1.95. The van der Waals surface area contributed by atoms with Gasteiger partial charge in [-0.05, 0) is 32.9 Å². The second-order valence-electron chi connectivity index (χ2n) is 3.75. The van der Waals surface area contributed by atoms with Gasteiger partial charge >= 0.3 is 5.97 Å². The molecule has 2 N–H and O–H groups in total. The number of rotatable bonds is 2. The Hall–Kier alpha value is -1.43. The molecule has 6 nitrogen and oxygen atoms in total. The maximum absolute atomic E-state index is 10.8. The van der Waals surface area contributed by atoms with Gasteiger partial charge in [-0.2, -0.15) is 0 Å². The monoisotopic (exact) mass is 210 g/mol. The summed E-state index contributed by atoms with van der Waals surface area (Å²) in [5.74, 6) is -1.01. The van der Waals surface area contributed by atoms with Gasteiger partial charge in [-0.1, -0.05) is 5.21 Å². The molecular weight excluding hydrogens is 196 g/mol. The van der Waals surface area contributed by atoms with Crippen molar-refractivity contribution in [1.29, 1.82) is 0 Å². The molecule has 0 atom stereocenters. The van der Waals surface area contributed by atoms with Gasteiger partial charge in [0.2, 0.25) is 0 Å². The molecule has 1 aromatic heterocycles. The van der Waals surface area contributed by atoms with E-state index < -0.39 is 5.97 Å². The molecule has 0 bridgehead atoms. The number of aromatic nitrogens is 3. The third-order valence-electron chi connectivity index (χ3n) is 2.78. The number of carbonyl (C=O) groups is 1. The molecule has 1 aliphatic rings. The van der Waals surface area contributed by atoms with Crippen molar-refractivity contribution in [3.8, 4) is 0 Å². The van der Waals surface area contributed by atoms with Crippen LogP contribution in [-0.4, -0.2) is 39.2 Å². The van der Waals surface area contributed by atoms with E-state index in [0.29, 0.717) is 5.69 Å². The molecule has 0 amide bonds. The zero-order valence-electron chi connectivity index (χ0n) is 8.60. The molecule has 0 aliphatic carbocycles. The van der Waals surface area contributed by atoms with Gasteiger partial charge in [0.15, 0.2) is 5.69 Å². The first-order valence-electron chi connectivity index (χ1n) is 5.06. The summed E-state index contributed by atoms with van der Waals surface area (Å²) in [4.78, 5) is 10.8. The summed E-state index contributed by atoms with van der Waals surface area (Å²) in [6, 6.07) is 0.284. The Morgan fingerprint density at radius 3 is 2.73 bits per heavy atom. The first kappa shape index (κ1) is 10.1. The van der Waals surface area contributed by atoms with Crippen LogP contribution in [0.2, 0.25) is 0 Å². The second kappa shape index (κ2) is 3.98. The molecule has 0 aromatic carbocycles. The van der Waals surface area contributed by atoms with Crippen LogP contribution in [0.4, 0.5) is 0 Å². The van der Waals surface area contributed by atoms with Crippen LogP contribution >= 0.6 is 0 Å². The number of hydrogen-bond acceptors (Lipinski definition) is 4. The molecule has 1 fully saturated rings. The van der Waals surface area contributed by atoms with Crippen molar-refractivity contribution in [3.05, 3.63) is 11.4 Å². The van der Waals surface area contributed by atoms with E-state index in [0.717, 1.165) is 25.9 Å². The zero-order chi connectivity index (χ0) is 10.8. The highest BCUT2D eigenvalue weighted by Gasteiger charge is 2.22. The van der Waals surface area contributed by atoms with Crippen molar-refractivity contribution in [3.63, 3.8) is 0 Å². The van der Waals surface area contributed by atoms with Crippen molar-refractivity contribution in [2.45, 2.75) is 25.8 Å². The highest BCUT2D eigenvalue weighted by Crippen LogP contribution is 2.19. The zero-order valence-corrected chi connectivity index (χ0v) is 8.60. The number of hydrogen-bond donors (Lipinski definition) is 2. The third-order valence-corrected chi connectivity index (χ3v) is 2.78. The van der Waals surface area contributed by atoms with Crippen LogP contribution in [0, 0.1) is 6.92 Å². The smallest absolute Gasteiger partial charge is 0.358 e. The highest BCUT2D eigenvalue weighted by molar-refractivity contribution is 5.86. The second-order valence-corrected chi connectivity index (χ2v) is 3.75. The Balaban J connectivity index is 2.24. The fourth-order valence-corrected chi connectivity index (χ4v) is 1.94. The van der Waals surface area contributed by atoms with Crippen LogP contribution in [0.1, 0.15) is 35.1 Å². The van der Waals surface area contributed by atoms with Crippen LogP contribution in [0.15, 0.2) is 0 Å². The summed E-state index contributed by atoms with van der Waals surface area (Å²) >= 11 is 0. The predicted octanol–water partition coefficient (Wildman–Crippen LogP) is 0.209. The minimum absolute atomic E-state index is 0.0635. The molecule has 82 valence electrons. The number of nitrogens with zero attached hydrogens (tertiary/aromatic N) is 3. The van der Waals surface area contributed by atoms with Crippen molar-refractivity contribution >= 4 is 5.97 Å². The molecule has 0 spiro atoms. The van der Waals surface area contributed by atoms with Crippen molar-refractivity contribution in [2.75, 3.05) is 13.1 Å². The van der Waals surface area contributed by atoms with Gasteiger partial charge in [-0.15, -0.1) is 5.10 Å². The average Bonchev–Trinajstić information content (AvgIpc) is 2.61. The van der Waals surface area contributed by atoms with Crippen LogP contribution in [0.5, 0.6) is 0 Å². The largest absolute Gasteiger partial charge is 0.476 e. The lowest BCUT2D eigenvalue weighted by atomic mass is 10.1. The summed E-state index contributed by atoms with van der Waals surface area (Å²) in [5.41, 5.74) is 0.711. The predicted molar refractivity (Wildman–Crippen MR) is 52.9 cm³/mol. The van der Waals surface area contributed by atoms with E-state index in [-0.39, 0.29) is 11.7 Å². The maximum Gasteiger partial charge on any atom is 0.358 e. The lowest BCUT2D eigenvalue weighted by molar-refractivity contribution is 0.0689. The van der Waals surface area contributed by atoms with E-state index >= 15 is 0 Å². The first-order valence-corrected chi connectivity index (χ1v) is 5.06. The molecule has 0 saturated carbocycles. The van der Waals surface area contributed by atoms with Gasteiger partial charge in [-0.25, -0.2) is 9.48 Å². The highest BCUT2D eigenvalue weighted by atomic mass is 16.4. The summed E-state index contributed by atoms with van der Waals surface area (Å²) in [7, 11) is 0. The van der Waals surface area contributed by atoms with Gasteiger partial charge in [0, 0.05) is 0 Å². The van der Waals surface area contributed by atoms with E-state index in [1.165, 1.54) is 0 Å². The van der Waals surface area contributed by atoms with Crippen LogP contribution in [0.3, 0.4) is 0 Å². The van der Waals surface area contributed by atoms with Crippen LogP contribution < -0.4 is 5.32 Å². The standard InChI is InChI=1S/C9H14N4O2/c1-6-8(9(14)15)11-12-13(6)7-2-4-10-5-3-7/h7,10H,2-5H2,1H3,(H,14,15). The van der Waals surface area contributed by atoms with Crippen LogP contribution in [-0.2, 0) is 0 Å². The molecule has 2 rings (SSSR count). The Kier molecular flexibility index (Phi) is 2.68. The first-order chi connectivity index (χ1) is 7.20. The fraction of sp³-hybridized carbons (Fsp3) is 0.667. The number of piperidine rings is 1. The number of nitrogens with one attached hydrogen (secondary N) is 1. The van der Waals surface area contributed by atoms with Crippen molar-refractivity contribution in [2.24, 2.45) is 0 Å². The van der Waals surface area contributed by atoms with E-state index in [1.54, 1.807) is 11.6 Å². The normalized spacial score (nSPS) is 17.9. The Bertz CT molecular complexity index is 368. The lowest BCUT2D eigenvalue weighted by Crippen LogP contribution is -2.30. The van der Waals surface area contributed by atoms with E-state index in [9.17, 15) is 4.79 Å². The lowest BCUT2D eigenvalue weighted by Gasteiger charge is -2.23. The summed E-state index contributed by atoms with van der Waals surface area (Å²) in [5, 5.41) is 19.7. The Labute approximate surface area is 87.3 Å². The van der Waals surface area contributed by atoms with Crippen molar-refractivity contribution < 1.29 is 9.90 Å². The quantitative estimate of drug-likeness (QED) is 0.729. The molecule has 6 heteroatoms. The van der Waals surface area contributed by atoms with Gasteiger partial charge in [0.1, 0.15) is 0 Å². The Morgan fingerprint density at radius 2 is 2.20 bits per heavy atom. The minimum Gasteiger partial charge on any atom is -0.476 e. The van der Waals surface area contributed by atoms with E-state index in [4.69, 9.17) is 5.11 Å². The average molecular weight is 210 g/mol. The number of aromatic carboxylic acids is 1. The molecule has 1 saturated heterocycles. The van der Waals surface area contributed by atoms with Gasteiger partial charge in [-0.3, -0.25) is 0 Å². The fourth-order valence-electron chi connectivity index (χ4n) is 1.94. The number of carboxylic acid groups (broad SMARTS) is 1. The molecule has 1 aromatic rings. The SMILES string of the molecule is Cc1c(C(=O)O)nnn1C1CCNCC1. The molecule has 1 aliphatic heterocycles. The molecule has 0 unspecified atom stereocenters. The number of carboxylic acids is 1. The molecule has 2 heterocycles. The molecular formula is C9H14N4O2. The van der Waals surface area contributed by atoms with Gasteiger partial charge in [0.25, 0.3) is 0 Å². The van der Waals surface area contributed by atoms with E-state index in [2.05, 4.69) is 15.6 Å². The summed E-state index contributed by atoms with van der Waals surface area (Å²) < 4.78 is 1.74. The summed E-state index contributed by atoms with van der Waals surface area (Å²) in [6.45, 7) is 3.66. The Morgan fingerprint density at radius 1 is 1.53 bits per heavy atom. The molecule has 0 radical (unpaired) electrons. The van der Waals surface area contributed by atoms with Gasteiger partial charge in [0.05, 0.1) is 11.7 Å². The third kappa shape index (κ3) is 1.85.